The number of carbonyl (C=O) groups is 4. The second kappa shape index (κ2) is 10.6. The Balaban J connectivity index is 4.49. The Kier molecular flexibility index (Phi) is 9.56. The van der Waals surface area contributed by atoms with Crippen LogP contribution in [0.2, 0.25) is 0 Å². The standard InChI is InChI=1S/C14H22O8/c1-9(15)19-7-13(21-11(3)17)5-6-14(22-12(4)18)8-20-10(2)16/h13-14H,5-8H2,1-4H3/t13-,14-/m0/s1. The molecule has 0 aromatic carbocycles. The molecule has 0 amide bonds. The van der Waals surface area contributed by atoms with E-state index in [4.69, 9.17) is 18.9 Å². The van der Waals surface area contributed by atoms with Gasteiger partial charge in [0.2, 0.25) is 0 Å². The summed E-state index contributed by atoms with van der Waals surface area (Å²) in [6, 6.07) is 0. The van der Waals surface area contributed by atoms with Crippen molar-refractivity contribution < 1.29 is 38.1 Å². The highest BCUT2D eigenvalue weighted by Gasteiger charge is 2.20. The van der Waals surface area contributed by atoms with Crippen LogP contribution in [0.15, 0.2) is 0 Å². The highest BCUT2D eigenvalue weighted by Crippen LogP contribution is 2.11. The number of ether oxygens (including phenoxy) is 4. The maximum Gasteiger partial charge on any atom is 0.303 e. The van der Waals surface area contributed by atoms with E-state index < -0.39 is 36.1 Å². The molecule has 0 fully saturated rings. The van der Waals surface area contributed by atoms with Crippen molar-refractivity contribution in [1.29, 1.82) is 0 Å². The minimum absolute atomic E-state index is 0.0880. The normalized spacial score (nSPS) is 12.7. The Morgan fingerprint density at radius 2 is 0.955 bits per heavy atom. The van der Waals surface area contributed by atoms with Gasteiger partial charge < -0.3 is 18.9 Å². The second-order valence-corrected chi connectivity index (χ2v) is 4.65. The van der Waals surface area contributed by atoms with Gasteiger partial charge in [-0.05, 0) is 12.8 Å². The minimum Gasteiger partial charge on any atom is -0.462 e. The first-order valence-corrected chi connectivity index (χ1v) is 6.81. The number of carbonyl (C=O) groups excluding carboxylic acids is 4. The third kappa shape index (κ3) is 11.7. The zero-order valence-electron chi connectivity index (χ0n) is 13.2. The number of esters is 4. The van der Waals surface area contributed by atoms with Gasteiger partial charge in [-0.15, -0.1) is 0 Å². The Morgan fingerprint density at radius 1 is 0.636 bits per heavy atom. The maximum absolute atomic E-state index is 11.0. The summed E-state index contributed by atoms with van der Waals surface area (Å²) in [7, 11) is 0. The van der Waals surface area contributed by atoms with E-state index in [1.807, 2.05) is 0 Å². The molecule has 0 spiro atoms. The monoisotopic (exact) mass is 318 g/mol. The van der Waals surface area contributed by atoms with Crippen LogP contribution in [0.25, 0.3) is 0 Å². The molecule has 0 heterocycles. The fourth-order valence-corrected chi connectivity index (χ4v) is 1.61. The Hall–Kier alpha value is -2.12. The van der Waals surface area contributed by atoms with Gasteiger partial charge in [0.05, 0.1) is 0 Å². The van der Waals surface area contributed by atoms with Crippen molar-refractivity contribution in [3.63, 3.8) is 0 Å². The van der Waals surface area contributed by atoms with Crippen LogP contribution in [0.1, 0.15) is 40.5 Å². The van der Waals surface area contributed by atoms with Crippen LogP contribution in [0.3, 0.4) is 0 Å². The van der Waals surface area contributed by atoms with E-state index in [9.17, 15) is 19.2 Å². The van der Waals surface area contributed by atoms with Crippen molar-refractivity contribution in [2.24, 2.45) is 0 Å². The van der Waals surface area contributed by atoms with Gasteiger partial charge >= 0.3 is 23.9 Å². The van der Waals surface area contributed by atoms with E-state index in [1.165, 1.54) is 27.7 Å². The Labute approximate surface area is 129 Å². The molecule has 0 radical (unpaired) electrons. The van der Waals surface area contributed by atoms with Crippen LogP contribution in [-0.2, 0) is 38.1 Å². The summed E-state index contributed by atoms with van der Waals surface area (Å²) in [6.45, 7) is 4.79. The quantitative estimate of drug-likeness (QED) is 0.453. The van der Waals surface area contributed by atoms with Crippen LogP contribution >= 0.6 is 0 Å². The minimum atomic E-state index is -0.656. The molecule has 8 nitrogen and oxygen atoms in total. The molecule has 0 saturated carbocycles. The Morgan fingerprint density at radius 3 is 1.18 bits per heavy atom. The topological polar surface area (TPSA) is 105 Å². The zero-order valence-corrected chi connectivity index (χ0v) is 13.2. The third-order valence-electron chi connectivity index (χ3n) is 2.42. The molecule has 0 aromatic rings. The van der Waals surface area contributed by atoms with Gasteiger partial charge in [0.1, 0.15) is 25.4 Å². The fourth-order valence-electron chi connectivity index (χ4n) is 1.61. The van der Waals surface area contributed by atoms with E-state index in [0.29, 0.717) is 0 Å². The van der Waals surface area contributed by atoms with Gasteiger partial charge in [-0.3, -0.25) is 19.2 Å². The first-order valence-electron chi connectivity index (χ1n) is 6.81. The second-order valence-electron chi connectivity index (χ2n) is 4.65. The van der Waals surface area contributed by atoms with E-state index in [0.717, 1.165) is 0 Å². The molecule has 0 unspecified atom stereocenters. The van der Waals surface area contributed by atoms with Gasteiger partial charge in [0.15, 0.2) is 0 Å². The highest BCUT2D eigenvalue weighted by atomic mass is 16.6. The summed E-state index contributed by atoms with van der Waals surface area (Å²) in [5.74, 6) is -2.01. The maximum atomic E-state index is 11.0. The summed E-state index contributed by atoms with van der Waals surface area (Å²) in [4.78, 5) is 43.6. The van der Waals surface area contributed by atoms with Crippen molar-refractivity contribution >= 4 is 23.9 Å². The zero-order chi connectivity index (χ0) is 17.1. The lowest BCUT2D eigenvalue weighted by Gasteiger charge is -2.20. The van der Waals surface area contributed by atoms with Gasteiger partial charge in [0, 0.05) is 27.7 Å². The van der Waals surface area contributed by atoms with E-state index in [1.54, 1.807) is 0 Å². The lowest BCUT2D eigenvalue weighted by Crippen LogP contribution is -2.29. The average molecular weight is 318 g/mol. The van der Waals surface area contributed by atoms with Crippen molar-refractivity contribution in [1.82, 2.24) is 0 Å². The van der Waals surface area contributed by atoms with Crippen LogP contribution in [0.4, 0.5) is 0 Å². The molecule has 2 atom stereocenters. The number of rotatable bonds is 9. The molecule has 0 bridgehead atoms. The first kappa shape index (κ1) is 19.9. The van der Waals surface area contributed by atoms with E-state index in [2.05, 4.69) is 0 Å². The van der Waals surface area contributed by atoms with Crippen LogP contribution in [-0.4, -0.2) is 49.3 Å². The first-order chi connectivity index (χ1) is 10.2. The summed E-state index contributed by atoms with van der Waals surface area (Å²) in [6.07, 6.45) is -0.744. The lowest BCUT2D eigenvalue weighted by molar-refractivity contribution is -0.160. The predicted octanol–water partition coefficient (Wildman–Crippen LogP) is 0.756. The van der Waals surface area contributed by atoms with Crippen LogP contribution in [0.5, 0.6) is 0 Å². The molecular weight excluding hydrogens is 296 g/mol. The average Bonchev–Trinajstić information content (AvgIpc) is 2.37. The third-order valence-corrected chi connectivity index (χ3v) is 2.42. The molecule has 22 heavy (non-hydrogen) atoms. The van der Waals surface area contributed by atoms with Gasteiger partial charge in [0.25, 0.3) is 0 Å². The molecule has 0 aromatic heterocycles. The summed E-state index contributed by atoms with van der Waals surface area (Å²) >= 11 is 0. The number of hydrogen-bond donors (Lipinski definition) is 0. The van der Waals surface area contributed by atoms with Crippen molar-refractivity contribution in [3.05, 3.63) is 0 Å². The van der Waals surface area contributed by atoms with Crippen molar-refractivity contribution in [2.45, 2.75) is 52.7 Å². The molecule has 8 heteroatoms. The molecule has 0 aliphatic carbocycles. The highest BCUT2D eigenvalue weighted by molar-refractivity contribution is 5.67. The lowest BCUT2D eigenvalue weighted by atomic mass is 10.1. The molecule has 126 valence electrons. The van der Waals surface area contributed by atoms with Crippen LogP contribution in [0, 0.1) is 0 Å². The van der Waals surface area contributed by atoms with Gasteiger partial charge in [-0.25, -0.2) is 0 Å². The fraction of sp³-hybridized carbons (Fsp3) is 0.714. The SMILES string of the molecule is CC(=O)OC[C@H](CC[C@@H](COC(C)=O)OC(C)=O)OC(C)=O. The van der Waals surface area contributed by atoms with Crippen molar-refractivity contribution in [2.75, 3.05) is 13.2 Å². The summed E-state index contributed by atoms with van der Waals surface area (Å²) < 4.78 is 19.6. The molecule has 0 saturated heterocycles. The smallest absolute Gasteiger partial charge is 0.303 e. The van der Waals surface area contributed by atoms with Gasteiger partial charge in [-0.1, -0.05) is 0 Å². The van der Waals surface area contributed by atoms with E-state index in [-0.39, 0.29) is 26.1 Å². The molecular formula is C14H22O8. The molecule has 0 N–H and O–H groups in total. The summed E-state index contributed by atoms with van der Waals surface area (Å²) in [5.41, 5.74) is 0. The number of hydrogen-bond acceptors (Lipinski definition) is 8. The predicted molar refractivity (Wildman–Crippen MR) is 73.6 cm³/mol. The van der Waals surface area contributed by atoms with E-state index >= 15 is 0 Å². The van der Waals surface area contributed by atoms with Gasteiger partial charge in [-0.2, -0.15) is 0 Å². The van der Waals surface area contributed by atoms with Crippen LogP contribution < -0.4 is 0 Å². The summed E-state index contributed by atoms with van der Waals surface area (Å²) in [5, 5.41) is 0. The molecule has 0 aliphatic rings. The Bertz CT molecular complexity index is 366. The largest absolute Gasteiger partial charge is 0.462 e. The molecule has 0 aliphatic heterocycles. The van der Waals surface area contributed by atoms with Crippen molar-refractivity contribution in [3.8, 4) is 0 Å². The molecule has 0 rings (SSSR count).